The van der Waals surface area contributed by atoms with Crippen LogP contribution in [0.5, 0.6) is 0 Å². The zero-order valence-electron chi connectivity index (χ0n) is 13.6. The molecule has 1 aliphatic rings. The Morgan fingerprint density at radius 2 is 2.12 bits per heavy atom. The maximum absolute atomic E-state index is 13.4. The normalized spacial score (nSPS) is 19.6. The van der Waals surface area contributed by atoms with Crippen molar-refractivity contribution in [3.05, 3.63) is 47.8 Å². The number of nitrogens with zero attached hydrogens (tertiary/aromatic N) is 3. The third kappa shape index (κ3) is 3.45. The molecule has 1 aromatic carbocycles. The van der Waals surface area contributed by atoms with E-state index in [1.54, 1.807) is 21.8 Å². The summed E-state index contributed by atoms with van der Waals surface area (Å²) in [5, 5.41) is 3.83. The lowest BCUT2D eigenvalue weighted by Crippen LogP contribution is -2.43. The van der Waals surface area contributed by atoms with Crippen molar-refractivity contribution in [1.82, 2.24) is 9.78 Å². The average molecular weight is 351 g/mol. The van der Waals surface area contributed by atoms with Gasteiger partial charge < -0.3 is 4.90 Å². The zero-order valence-corrected chi connectivity index (χ0v) is 14.4. The molecule has 3 rings (SSSR count). The third-order valence-corrected chi connectivity index (χ3v) is 5.62. The van der Waals surface area contributed by atoms with Gasteiger partial charge in [-0.15, -0.1) is 11.8 Å². The highest BCUT2D eigenvalue weighted by Crippen LogP contribution is 2.37. The van der Waals surface area contributed by atoms with E-state index in [4.69, 9.17) is 0 Å². The summed E-state index contributed by atoms with van der Waals surface area (Å²) in [7, 11) is 1.81. The van der Waals surface area contributed by atoms with Crippen LogP contribution < -0.4 is 4.90 Å². The van der Waals surface area contributed by atoms with Crippen LogP contribution in [-0.2, 0) is 11.8 Å². The van der Waals surface area contributed by atoms with Gasteiger partial charge in [0.15, 0.2) is 11.6 Å². The summed E-state index contributed by atoms with van der Waals surface area (Å²) in [6, 6.07) is 3.91. The molecule has 0 aliphatic carbocycles. The second-order valence-electron chi connectivity index (χ2n) is 5.94. The summed E-state index contributed by atoms with van der Waals surface area (Å²) in [5.41, 5.74) is 1.48. The van der Waals surface area contributed by atoms with Gasteiger partial charge in [0.1, 0.15) is 0 Å². The molecule has 24 heavy (non-hydrogen) atoms. The van der Waals surface area contributed by atoms with Gasteiger partial charge in [0, 0.05) is 25.0 Å². The van der Waals surface area contributed by atoms with Crippen molar-refractivity contribution in [2.45, 2.75) is 30.3 Å². The molecule has 1 amide bonds. The molecule has 128 valence electrons. The molecule has 2 unspecified atom stereocenters. The number of hydrogen-bond acceptors (Lipinski definition) is 3. The lowest BCUT2D eigenvalue weighted by Gasteiger charge is -2.32. The minimum Gasteiger partial charge on any atom is -0.309 e. The van der Waals surface area contributed by atoms with Gasteiger partial charge in [-0.05, 0) is 37.5 Å². The highest BCUT2D eigenvalue weighted by molar-refractivity contribution is 8.00. The summed E-state index contributed by atoms with van der Waals surface area (Å²) in [6.45, 7) is 2.59. The first-order valence-corrected chi connectivity index (χ1v) is 8.80. The van der Waals surface area contributed by atoms with Crippen molar-refractivity contribution in [2.75, 3.05) is 11.4 Å². The Balaban J connectivity index is 1.72. The van der Waals surface area contributed by atoms with Crippen LogP contribution in [0.15, 0.2) is 30.6 Å². The minimum absolute atomic E-state index is 0.0497. The van der Waals surface area contributed by atoms with Crippen LogP contribution in [0.2, 0.25) is 0 Å². The summed E-state index contributed by atoms with van der Waals surface area (Å²) in [6.07, 6.45) is 5.20. The molecule has 1 aromatic heterocycles. The number of benzene rings is 1. The average Bonchev–Trinajstić information content (AvgIpc) is 2.98. The number of amides is 1. The van der Waals surface area contributed by atoms with Gasteiger partial charge in [0.2, 0.25) is 5.91 Å². The van der Waals surface area contributed by atoms with E-state index in [2.05, 4.69) is 5.10 Å². The van der Waals surface area contributed by atoms with Gasteiger partial charge in [0.25, 0.3) is 0 Å². The number of halogens is 2. The van der Waals surface area contributed by atoms with Crippen molar-refractivity contribution >= 4 is 23.4 Å². The van der Waals surface area contributed by atoms with Crippen molar-refractivity contribution in [3.8, 4) is 0 Å². The van der Waals surface area contributed by atoms with Crippen molar-refractivity contribution in [2.24, 2.45) is 7.05 Å². The highest BCUT2D eigenvalue weighted by Gasteiger charge is 2.32. The maximum Gasteiger partial charge on any atom is 0.240 e. The van der Waals surface area contributed by atoms with Crippen LogP contribution in [0.25, 0.3) is 0 Å². The second kappa shape index (κ2) is 6.93. The van der Waals surface area contributed by atoms with Gasteiger partial charge in [-0.2, -0.15) is 5.10 Å². The first kappa shape index (κ1) is 17.0. The van der Waals surface area contributed by atoms with Crippen LogP contribution in [0.3, 0.4) is 0 Å². The number of piperidine rings is 1. The first-order chi connectivity index (χ1) is 11.5. The fourth-order valence-corrected chi connectivity index (χ4v) is 4.21. The molecular weight excluding hydrogens is 332 g/mol. The summed E-state index contributed by atoms with van der Waals surface area (Å²) >= 11 is 1.49. The van der Waals surface area contributed by atoms with Crippen LogP contribution in [0.4, 0.5) is 14.5 Å². The number of aromatic nitrogens is 2. The van der Waals surface area contributed by atoms with Gasteiger partial charge in [0.05, 0.1) is 17.1 Å². The number of hydrogen-bond donors (Lipinski definition) is 0. The van der Waals surface area contributed by atoms with Crippen LogP contribution in [0, 0.1) is 11.6 Å². The molecule has 0 spiro atoms. The molecule has 2 heterocycles. The third-order valence-electron chi connectivity index (χ3n) is 4.17. The largest absolute Gasteiger partial charge is 0.309 e. The van der Waals surface area contributed by atoms with Crippen LogP contribution >= 0.6 is 11.8 Å². The van der Waals surface area contributed by atoms with E-state index in [1.165, 1.54) is 17.8 Å². The molecule has 1 aliphatic heterocycles. The Bertz CT molecular complexity index is 749. The molecule has 7 heteroatoms. The Labute approximate surface area is 143 Å². The van der Waals surface area contributed by atoms with Crippen molar-refractivity contribution in [1.29, 1.82) is 0 Å². The van der Waals surface area contributed by atoms with Crippen LogP contribution in [0.1, 0.15) is 30.6 Å². The molecule has 0 N–H and O–H groups in total. The SMILES string of the molecule is CC(SC1CCCN(c2cnn(C)c2)C1=O)c1ccc(F)c(F)c1. The molecule has 0 saturated carbocycles. The van der Waals surface area contributed by atoms with E-state index in [0.29, 0.717) is 12.1 Å². The zero-order chi connectivity index (χ0) is 17.3. The predicted molar refractivity (Wildman–Crippen MR) is 90.9 cm³/mol. The quantitative estimate of drug-likeness (QED) is 0.843. The number of aryl methyl sites for hydroxylation is 1. The van der Waals surface area contributed by atoms with E-state index in [0.717, 1.165) is 24.6 Å². The summed E-state index contributed by atoms with van der Waals surface area (Å²) in [5.74, 6) is -1.66. The van der Waals surface area contributed by atoms with E-state index in [1.807, 2.05) is 20.2 Å². The molecule has 0 bridgehead atoms. The second-order valence-corrected chi connectivity index (χ2v) is 7.49. The standard InChI is InChI=1S/C17H19F2N3OS/c1-11(12-5-6-14(18)15(19)8-12)24-16-4-3-7-22(17(16)23)13-9-20-21(2)10-13/h5-6,8-11,16H,3-4,7H2,1-2H3. The molecule has 1 saturated heterocycles. The van der Waals surface area contributed by atoms with Gasteiger partial charge in [-0.3, -0.25) is 9.48 Å². The summed E-state index contributed by atoms with van der Waals surface area (Å²) in [4.78, 5) is 14.5. The van der Waals surface area contributed by atoms with E-state index < -0.39 is 11.6 Å². The Kier molecular flexibility index (Phi) is 4.89. The lowest BCUT2D eigenvalue weighted by molar-refractivity contribution is -0.119. The topological polar surface area (TPSA) is 38.1 Å². The van der Waals surface area contributed by atoms with E-state index in [9.17, 15) is 13.6 Å². The monoisotopic (exact) mass is 351 g/mol. The Morgan fingerprint density at radius 1 is 1.33 bits per heavy atom. The number of anilines is 1. The Hall–Kier alpha value is -1.89. The molecule has 0 radical (unpaired) electrons. The molecule has 1 fully saturated rings. The van der Waals surface area contributed by atoms with Gasteiger partial charge in [-0.25, -0.2) is 8.78 Å². The highest BCUT2D eigenvalue weighted by atomic mass is 32.2. The minimum atomic E-state index is -0.855. The lowest BCUT2D eigenvalue weighted by atomic mass is 10.1. The summed E-state index contributed by atoms with van der Waals surface area (Å²) < 4.78 is 28.2. The number of carbonyl (C=O) groups is 1. The molecule has 2 aromatic rings. The van der Waals surface area contributed by atoms with Crippen molar-refractivity contribution < 1.29 is 13.6 Å². The van der Waals surface area contributed by atoms with E-state index >= 15 is 0 Å². The molecule has 2 atom stereocenters. The van der Waals surface area contributed by atoms with E-state index in [-0.39, 0.29) is 16.4 Å². The number of rotatable bonds is 4. The van der Waals surface area contributed by atoms with Gasteiger partial charge in [-0.1, -0.05) is 6.07 Å². The maximum atomic E-state index is 13.4. The molecular formula is C17H19F2N3OS. The fraction of sp³-hybridized carbons (Fsp3) is 0.412. The van der Waals surface area contributed by atoms with Crippen molar-refractivity contribution in [3.63, 3.8) is 0 Å². The first-order valence-electron chi connectivity index (χ1n) is 7.86. The number of carbonyl (C=O) groups excluding carboxylic acids is 1. The van der Waals surface area contributed by atoms with Gasteiger partial charge >= 0.3 is 0 Å². The predicted octanol–water partition coefficient (Wildman–Crippen LogP) is 3.69. The fourth-order valence-electron chi connectivity index (χ4n) is 2.86. The Morgan fingerprint density at radius 3 is 2.79 bits per heavy atom. The number of thioether (sulfide) groups is 1. The molecule has 4 nitrogen and oxygen atoms in total. The van der Waals surface area contributed by atoms with Crippen LogP contribution in [-0.4, -0.2) is 27.5 Å². The smallest absolute Gasteiger partial charge is 0.240 e.